The molecule has 0 aliphatic rings. The molecule has 8 heteroatoms. The molecule has 2 aromatic carbocycles. The Morgan fingerprint density at radius 3 is 2.69 bits per heavy atom. The van der Waals surface area contributed by atoms with Gasteiger partial charge in [-0.1, -0.05) is 35.9 Å². The molecule has 0 aliphatic carbocycles. The summed E-state index contributed by atoms with van der Waals surface area (Å²) in [5, 5.41) is 11.0. The number of hydrogen-bond acceptors (Lipinski definition) is 5. The van der Waals surface area contributed by atoms with Gasteiger partial charge >= 0.3 is 0 Å². The highest BCUT2D eigenvalue weighted by Crippen LogP contribution is 2.29. The van der Waals surface area contributed by atoms with E-state index in [2.05, 4.69) is 20.6 Å². The van der Waals surface area contributed by atoms with E-state index in [9.17, 15) is 4.79 Å². The van der Waals surface area contributed by atoms with Crippen LogP contribution in [0.5, 0.6) is 0 Å². The van der Waals surface area contributed by atoms with Crippen molar-refractivity contribution in [3.8, 4) is 11.5 Å². The molecule has 2 aromatic heterocycles. The van der Waals surface area contributed by atoms with E-state index < -0.39 is 0 Å². The third-order valence-corrected chi connectivity index (χ3v) is 4.16. The van der Waals surface area contributed by atoms with Crippen LogP contribution in [0.1, 0.15) is 12.5 Å². The van der Waals surface area contributed by atoms with Crippen LogP contribution in [0.25, 0.3) is 22.6 Å². The maximum absolute atomic E-state index is 11.4. The molecule has 0 aliphatic heterocycles. The molecule has 0 fully saturated rings. The van der Waals surface area contributed by atoms with Gasteiger partial charge in [-0.05, 0) is 40.1 Å². The standard InChI is InChI=1S/C18H14ClN5O2/c1-11(25)20-17-16(22-26-23-17)18-21-14-4-2-3-5-15(14)24(18)10-12-6-8-13(19)9-7-12/h2-9H,10H2,1H3,(H,20,23,25). The second kappa shape index (κ2) is 6.61. The number of benzene rings is 2. The van der Waals surface area contributed by atoms with E-state index in [4.69, 9.17) is 16.2 Å². The summed E-state index contributed by atoms with van der Waals surface area (Å²) < 4.78 is 6.84. The molecule has 0 radical (unpaired) electrons. The fourth-order valence-corrected chi connectivity index (χ4v) is 2.90. The first-order chi connectivity index (χ1) is 12.6. The third kappa shape index (κ3) is 3.04. The Morgan fingerprint density at radius 2 is 1.92 bits per heavy atom. The van der Waals surface area contributed by atoms with Gasteiger partial charge in [0.2, 0.25) is 11.7 Å². The summed E-state index contributed by atoms with van der Waals surface area (Å²) in [5.74, 6) is 0.540. The minimum atomic E-state index is -0.262. The zero-order chi connectivity index (χ0) is 18.1. The molecule has 1 N–H and O–H groups in total. The first-order valence-corrected chi connectivity index (χ1v) is 8.30. The number of carbonyl (C=O) groups excluding carboxylic acids is 1. The van der Waals surface area contributed by atoms with Crippen molar-refractivity contribution < 1.29 is 9.42 Å². The number of hydrogen-bond donors (Lipinski definition) is 1. The number of nitrogens with one attached hydrogen (secondary N) is 1. The first-order valence-electron chi connectivity index (χ1n) is 7.92. The number of aromatic nitrogens is 4. The molecule has 0 spiro atoms. The Bertz CT molecular complexity index is 1080. The summed E-state index contributed by atoms with van der Waals surface area (Å²) in [4.78, 5) is 16.1. The normalized spacial score (nSPS) is 11.0. The smallest absolute Gasteiger partial charge is 0.222 e. The zero-order valence-electron chi connectivity index (χ0n) is 13.8. The molecule has 2 heterocycles. The Labute approximate surface area is 153 Å². The first kappa shape index (κ1) is 16.3. The van der Waals surface area contributed by atoms with Gasteiger partial charge < -0.3 is 9.88 Å². The third-order valence-electron chi connectivity index (χ3n) is 3.90. The van der Waals surface area contributed by atoms with Crippen LogP contribution in [0.3, 0.4) is 0 Å². The number of imidazole rings is 1. The van der Waals surface area contributed by atoms with Crippen LogP contribution < -0.4 is 5.32 Å². The van der Waals surface area contributed by atoms with Crippen molar-refractivity contribution in [2.45, 2.75) is 13.5 Å². The number of anilines is 1. The zero-order valence-corrected chi connectivity index (χ0v) is 14.6. The van der Waals surface area contributed by atoms with Crippen LogP contribution >= 0.6 is 11.6 Å². The molecule has 130 valence electrons. The largest absolute Gasteiger partial charge is 0.318 e. The average Bonchev–Trinajstić information content (AvgIpc) is 3.21. The van der Waals surface area contributed by atoms with Crippen LogP contribution in [0.2, 0.25) is 5.02 Å². The van der Waals surface area contributed by atoms with Gasteiger partial charge in [0.15, 0.2) is 11.5 Å². The number of fused-ring (bicyclic) bond motifs is 1. The summed E-state index contributed by atoms with van der Waals surface area (Å²) in [6.07, 6.45) is 0. The molecule has 0 saturated carbocycles. The predicted octanol–water partition coefficient (Wildman–Crippen LogP) is 3.75. The second-order valence-corrected chi connectivity index (χ2v) is 6.22. The van der Waals surface area contributed by atoms with E-state index in [1.54, 1.807) is 0 Å². The average molecular weight is 368 g/mol. The fraction of sp³-hybridized carbons (Fsp3) is 0.111. The van der Waals surface area contributed by atoms with Crippen molar-refractivity contribution in [2.75, 3.05) is 5.32 Å². The highest BCUT2D eigenvalue weighted by molar-refractivity contribution is 6.30. The van der Waals surface area contributed by atoms with Crippen molar-refractivity contribution in [1.82, 2.24) is 19.9 Å². The van der Waals surface area contributed by atoms with Gasteiger partial charge in [-0.2, -0.15) is 0 Å². The molecule has 0 atom stereocenters. The maximum Gasteiger partial charge on any atom is 0.222 e. The van der Waals surface area contributed by atoms with Gasteiger partial charge in [0.25, 0.3) is 0 Å². The lowest BCUT2D eigenvalue weighted by atomic mass is 10.2. The van der Waals surface area contributed by atoms with Gasteiger partial charge in [-0.25, -0.2) is 9.61 Å². The van der Waals surface area contributed by atoms with Crippen molar-refractivity contribution >= 4 is 34.4 Å². The molecule has 1 amide bonds. The van der Waals surface area contributed by atoms with Crippen molar-refractivity contribution in [3.05, 3.63) is 59.1 Å². The second-order valence-electron chi connectivity index (χ2n) is 5.78. The Balaban J connectivity index is 1.85. The molecule has 26 heavy (non-hydrogen) atoms. The van der Waals surface area contributed by atoms with Crippen LogP contribution in [-0.4, -0.2) is 25.8 Å². The quantitative estimate of drug-likeness (QED) is 0.593. The summed E-state index contributed by atoms with van der Waals surface area (Å²) >= 11 is 5.98. The number of rotatable bonds is 4. The molecule has 0 bridgehead atoms. The van der Waals surface area contributed by atoms with Gasteiger partial charge in [-0.3, -0.25) is 4.79 Å². The summed E-state index contributed by atoms with van der Waals surface area (Å²) in [5.41, 5.74) is 3.18. The van der Waals surface area contributed by atoms with E-state index in [-0.39, 0.29) is 11.7 Å². The fourth-order valence-electron chi connectivity index (χ4n) is 2.77. The van der Waals surface area contributed by atoms with Crippen LogP contribution in [0.4, 0.5) is 5.82 Å². The Kier molecular flexibility index (Phi) is 4.14. The Hall–Kier alpha value is -3.19. The molecular formula is C18H14ClN5O2. The number of para-hydroxylation sites is 2. The molecule has 0 saturated heterocycles. The predicted molar refractivity (Wildman–Crippen MR) is 97.9 cm³/mol. The van der Waals surface area contributed by atoms with E-state index in [0.29, 0.717) is 23.1 Å². The van der Waals surface area contributed by atoms with Crippen LogP contribution in [0, 0.1) is 0 Å². The highest BCUT2D eigenvalue weighted by Gasteiger charge is 2.21. The number of amides is 1. The SMILES string of the molecule is CC(=O)Nc1nonc1-c1nc2ccccc2n1Cc1ccc(Cl)cc1. The van der Waals surface area contributed by atoms with Gasteiger partial charge in [0, 0.05) is 18.5 Å². The van der Waals surface area contributed by atoms with Crippen molar-refractivity contribution in [1.29, 1.82) is 0 Å². The monoisotopic (exact) mass is 367 g/mol. The van der Waals surface area contributed by atoms with Crippen molar-refractivity contribution in [2.24, 2.45) is 0 Å². The lowest BCUT2D eigenvalue weighted by molar-refractivity contribution is -0.114. The molecule has 0 unspecified atom stereocenters. The van der Waals surface area contributed by atoms with E-state index in [1.165, 1.54) is 6.92 Å². The van der Waals surface area contributed by atoms with Gasteiger partial charge in [0.1, 0.15) is 0 Å². The van der Waals surface area contributed by atoms with Gasteiger partial charge in [0.05, 0.1) is 11.0 Å². The number of halogens is 1. The maximum atomic E-state index is 11.4. The number of nitrogens with zero attached hydrogens (tertiary/aromatic N) is 4. The summed E-state index contributed by atoms with van der Waals surface area (Å²) in [7, 11) is 0. The van der Waals surface area contributed by atoms with E-state index >= 15 is 0 Å². The Morgan fingerprint density at radius 1 is 1.15 bits per heavy atom. The topological polar surface area (TPSA) is 85.8 Å². The molecule has 4 aromatic rings. The van der Waals surface area contributed by atoms with Crippen LogP contribution in [-0.2, 0) is 11.3 Å². The lowest BCUT2D eigenvalue weighted by Crippen LogP contribution is -2.09. The molecule has 7 nitrogen and oxygen atoms in total. The lowest BCUT2D eigenvalue weighted by Gasteiger charge is -2.09. The number of carbonyl (C=O) groups is 1. The summed E-state index contributed by atoms with van der Waals surface area (Å²) in [6, 6.07) is 15.4. The summed E-state index contributed by atoms with van der Waals surface area (Å²) in [6.45, 7) is 1.95. The molecule has 4 rings (SSSR count). The van der Waals surface area contributed by atoms with Crippen molar-refractivity contribution in [3.63, 3.8) is 0 Å². The van der Waals surface area contributed by atoms with E-state index in [1.807, 2.05) is 53.1 Å². The van der Waals surface area contributed by atoms with E-state index in [0.717, 1.165) is 16.6 Å². The highest BCUT2D eigenvalue weighted by atomic mass is 35.5. The minimum Gasteiger partial charge on any atom is -0.318 e. The molecular weight excluding hydrogens is 354 g/mol. The van der Waals surface area contributed by atoms with Gasteiger partial charge in [-0.15, -0.1) is 0 Å². The van der Waals surface area contributed by atoms with Crippen LogP contribution in [0.15, 0.2) is 53.2 Å². The minimum absolute atomic E-state index is 0.241.